The lowest BCUT2D eigenvalue weighted by molar-refractivity contribution is 1.24. The van der Waals surface area contributed by atoms with Crippen LogP contribution in [0.2, 0.25) is 0 Å². The monoisotopic (exact) mass is 446 g/mol. The van der Waals surface area contributed by atoms with Crippen LogP contribution in [0.15, 0.2) is 85.2 Å². The Labute approximate surface area is 200 Å². The standard InChI is InChI=1S/C31H18N4/c1-2-6-19-17(5-1)15-18-9-10-20-21-11-12-26-28(24(21)16-23(20)27(18)19)34-31-22-7-3-13-32-29(22)30-25(35(26)31)8-4-14-33-30/h1-14H,15-16H2. The van der Waals surface area contributed by atoms with Gasteiger partial charge in [-0.15, -0.1) is 0 Å². The maximum atomic E-state index is 5.28. The van der Waals surface area contributed by atoms with Gasteiger partial charge >= 0.3 is 0 Å². The summed E-state index contributed by atoms with van der Waals surface area (Å²) in [6.07, 6.45) is 5.61. The molecule has 162 valence electrons. The summed E-state index contributed by atoms with van der Waals surface area (Å²) < 4.78 is 2.27. The van der Waals surface area contributed by atoms with Crippen molar-refractivity contribution in [3.63, 3.8) is 0 Å². The van der Waals surface area contributed by atoms with E-state index < -0.39 is 0 Å². The molecule has 0 radical (unpaired) electrons. The molecule has 2 aliphatic carbocycles. The molecule has 0 N–H and O–H groups in total. The van der Waals surface area contributed by atoms with Crippen molar-refractivity contribution in [1.82, 2.24) is 19.4 Å². The molecule has 3 aromatic carbocycles. The summed E-state index contributed by atoms with van der Waals surface area (Å²) in [7, 11) is 0. The van der Waals surface area contributed by atoms with E-state index in [4.69, 9.17) is 9.97 Å². The van der Waals surface area contributed by atoms with Crippen molar-refractivity contribution in [3.05, 3.63) is 107 Å². The first-order chi connectivity index (χ1) is 17.4. The highest BCUT2D eigenvalue weighted by molar-refractivity contribution is 6.11. The highest BCUT2D eigenvalue weighted by atomic mass is 15.0. The third kappa shape index (κ3) is 2.11. The van der Waals surface area contributed by atoms with Crippen molar-refractivity contribution in [3.8, 4) is 22.3 Å². The molecule has 4 aromatic heterocycles. The number of benzene rings is 3. The van der Waals surface area contributed by atoms with Gasteiger partial charge in [-0.05, 0) is 81.3 Å². The normalized spacial score (nSPS) is 13.5. The largest absolute Gasteiger partial charge is 0.290 e. The van der Waals surface area contributed by atoms with Crippen molar-refractivity contribution in [2.75, 3.05) is 0 Å². The minimum atomic E-state index is 0.903. The molecule has 0 saturated heterocycles. The fourth-order valence-electron chi connectivity index (χ4n) is 6.50. The second-order valence-corrected chi connectivity index (χ2v) is 9.64. The van der Waals surface area contributed by atoms with Crippen LogP contribution < -0.4 is 0 Å². The third-order valence-electron chi connectivity index (χ3n) is 7.94. The van der Waals surface area contributed by atoms with Crippen molar-refractivity contribution < 1.29 is 0 Å². The number of nitrogens with zero attached hydrogens (tertiary/aromatic N) is 4. The number of fused-ring (bicyclic) bond motifs is 16. The zero-order valence-electron chi connectivity index (χ0n) is 18.8. The molecular formula is C31H18N4. The van der Waals surface area contributed by atoms with Crippen LogP contribution in [0.3, 0.4) is 0 Å². The molecule has 7 aromatic rings. The lowest BCUT2D eigenvalue weighted by Crippen LogP contribution is -1.94. The van der Waals surface area contributed by atoms with Gasteiger partial charge in [0, 0.05) is 24.2 Å². The molecule has 0 saturated carbocycles. The second-order valence-electron chi connectivity index (χ2n) is 9.64. The van der Waals surface area contributed by atoms with E-state index in [1.54, 1.807) is 0 Å². The van der Waals surface area contributed by atoms with Crippen LogP contribution >= 0.6 is 0 Å². The van der Waals surface area contributed by atoms with Gasteiger partial charge in [-0.25, -0.2) is 4.98 Å². The molecule has 0 amide bonds. The first kappa shape index (κ1) is 17.8. The molecule has 0 unspecified atom stereocenters. The van der Waals surface area contributed by atoms with E-state index in [0.717, 1.165) is 51.5 Å². The summed E-state index contributed by atoms with van der Waals surface area (Å²) in [5.74, 6) is 0. The van der Waals surface area contributed by atoms with E-state index >= 15 is 0 Å². The Morgan fingerprint density at radius 1 is 0.571 bits per heavy atom. The zero-order chi connectivity index (χ0) is 22.7. The maximum Gasteiger partial charge on any atom is 0.148 e. The average Bonchev–Trinajstić information content (AvgIpc) is 3.59. The Morgan fingerprint density at radius 2 is 1.37 bits per heavy atom. The molecule has 4 nitrogen and oxygen atoms in total. The van der Waals surface area contributed by atoms with Crippen LogP contribution in [0.5, 0.6) is 0 Å². The van der Waals surface area contributed by atoms with E-state index in [-0.39, 0.29) is 0 Å². The van der Waals surface area contributed by atoms with Crippen LogP contribution in [0, 0.1) is 0 Å². The number of hydrogen-bond donors (Lipinski definition) is 0. The molecule has 0 spiro atoms. The minimum absolute atomic E-state index is 0.903. The van der Waals surface area contributed by atoms with Gasteiger partial charge in [-0.3, -0.25) is 14.4 Å². The summed E-state index contributed by atoms with van der Waals surface area (Å²) in [4.78, 5) is 14.7. The maximum absolute atomic E-state index is 5.28. The van der Waals surface area contributed by atoms with Gasteiger partial charge in [-0.2, -0.15) is 0 Å². The van der Waals surface area contributed by atoms with Gasteiger partial charge in [0.1, 0.15) is 16.7 Å². The molecule has 4 heteroatoms. The van der Waals surface area contributed by atoms with Crippen LogP contribution in [-0.2, 0) is 12.8 Å². The van der Waals surface area contributed by atoms with E-state index in [1.807, 2.05) is 24.5 Å². The molecule has 0 bridgehead atoms. The fourth-order valence-corrected chi connectivity index (χ4v) is 6.50. The van der Waals surface area contributed by atoms with Crippen LogP contribution in [0.4, 0.5) is 0 Å². The summed E-state index contributed by atoms with van der Waals surface area (Å²) in [5.41, 5.74) is 17.2. The smallest absolute Gasteiger partial charge is 0.148 e. The highest BCUT2D eigenvalue weighted by Gasteiger charge is 2.30. The van der Waals surface area contributed by atoms with E-state index in [1.165, 1.54) is 44.5 Å². The lowest BCUT2D eigenvalue weighted by Gasteiger charge is -2.08. The van der Waals surface area contributed by atoms with Gasteiger partial charge in [0.2, 0.25) is 0 Å². The quantitative estimate of drug-likeness (QED) is 0.243. The van der Waals surface area contributed by atoms with Crippen molar-refractivity contribution in [1.29, 1.82) is 0 Å². The Hall–Kier alpha value is -4.57. The fraction of sp³-hybridized carbons (Fsp3) is 0.0645. The van der Waals surface area contributed by atoms with Gasteiger partial charge in [-0.1, -0.05) is 42.5 Å². The first-order valence-electron chi connectivity index (χ1n) is 12.1. The molecule has 9 rings (SSSR count). The predicted octanol–water partition coefficient (Wildman–Crippen LogP) is 6.73. The first-order valence-corrected chi connectivity index (χ1v) is 12.1. The molecule has 0 atom stereocenters. The zero-order valence-corrected chi connectivity index (χ0v) is 18.8. The Bertz CT molecular complexity index is 2070. The number of pyridine rings is 3. The van der Waals surface area contributed by atoms with E-state index in [0.29, 0.717) is 0 Å². The van der Waals surface area contributed by atoms with Gasteiger partial charge in [0.25, 0.3) is 0 Å². The highest BCUT2D eigenvalue weighted by Crippen LogP contribution is 2.49. The average molecular weight is 447 g/mol. The number of imidazole rings is 1. The summed E-state index contributed by atoms with van der Waals surface area (Å²) in [6.45, 7) is 0. The van der Waals surface area contributed by atoms with Crippen LogP contribution in [0.1, 0.15) is 22.3 Å². The van der Waals surface area contributed by atoms with E-state index in [9.17, 15) is 0 Å². The topological polar surface area (TPSA) is 43.1 Å². The Kier molecular flexibility index (Phi) is 3.11. The lowest BCUT2D eigenvalue weighted by atomic mass is 9.95. The molecule has 2 aliphatic rings. The number of rotatable bonds is 0. The van der Waals surface area contributed by atoms with E-state index in [2.05, 4.69) is 70.0 Å². The molecular weight excluding hydrogens is 428 g/mol. The van der Waals surface area contributed by atoms with Gasteiger partial charge in [0.05, 0.1) is 16.6 Å². The SMILES string of the molecule is c1ccc2c(c1)Cc1ccc3c(c1-2)Cc1c-3ccc2c1nc1c3cccnc3c3ncccc3n21. The molecule has 0 fully saturated rings. The molecule has 35 heavy (non-hydrogen) atoms. The number of aromatic nitrogens is 4. The van der Waals surface area contributed by atoms with Crippen LogP contribution in [0.25, 0.3) is 60.9 Å². The molecule has 0 aliphatic heterocycles. The van der Waals surface area contributed by atoms with Gasteiger partial charge in [0.15, 0.2) is 0 Å². The van der Waals surface area contributed by atoms with Crippen LogP contribution in [-0.4, -0.2) is 19.4 Å². The Balaban J connectivity index is 1.39. The van der Waals surface area contributed by atoms with Crippen molar-refractivity contribution in [2.45, 2.75) is 12.8 Å². The molecule has 4 heterocycles. The van der Waals surface area contributed by atoms with Crippen molar-refractivity contribution in [2.24, 2.45) is 0 Å². The van der Waals surface area contributed by atoms with Gasteiger partial charge < -0.3 is 0 Å². The Morgan fingerprint density at radius 3 is 2.34 bits per heavy atom. The third-order valence-corrected chi connectivity index (χ3v) is 7.94. The van der Waals surface area contributed by atoms with Crippen molar-refractivity contribution >= 4 is 38.6 Å². The summed E-state index contributed by atoms with van der Waals surface area (Å²) in [5, 5.41) is 1.04. The predicted molar refractivity (Wildman–Crippen MR) is 140 cm³/mol. The summed E-state index contributed by atoms with van der Waals surface area (Å²) >= 11 is 0. The number of hydrogen-bond acceptors (Lipinski definition) is 3. The summed E-state index contributed by atoms with van der Waals surface area (Å²) in [6, 6.07) is 26.2. The second kappa shape index (κ2) is 6.10. The minimum Gasteiger partial charge on any atom is -0.290 e.